The predicted molar refractivity (Wildman–Crippen MR) is 74.6 cm³/mol. The third-order valence-corrected chi connectivity index (χ3v) is 5.60. The van der Waals surface area contributed by atoms with E-state index < -0.39 is 9.84 Å². The minimum Gasteiger partial charge on any atom is -0.385 e. The lowest BCUT2D eigenvalue weighted by molar-refractivity contribution is 0.199. The monoisotopic (exact) mass is 277 g/mol. The third-order valence-electron chi connectivity index (χ3n) is 3.83. The Balaban J connectivity index is 2.45. The van der Waals surface area contributed by atoms with Gasteiger partial charge in [-0.05, 0) is 32.2 Å². The maximum Gasteiger partial charge on any atom is 0.151 e. The maximum absolute atomic E-state index is 12.0. The molecule has 1 atom stereocenters. The highest BCUT2D eigenvalue weighted by molar-refractivity contribution is 7.91. The van der Waals surface area contributed by atoms with Gasteiger partial charge < -0.3 is 10.1 Å². The topological polar surface area (TPSA) is 55.4 Å². The van der Waals surface area contributed by atoms with Gasteiger partial charge in [-0.1, -0.05) is 19.3 Å². The average molecular weight is 277 g/mol. The molecule has 0 aromatic rings. The van der Waals surface area contributed by atoms with Gasteiger partial charge in [0.2, 0.25) is 0 Å². The van der Waals surface area contributed by atoms with Gasteiger partial charge in [0.1, 0.15) is 0 Å². The van der Waals surface area contributed by atoms with Crippen LogP contribution in [-0.2, 0) is 14.6 Å². The van der Waals surface area contributed by atoms with Gasteiger partial charge in [-0.25, -0.2) is 8.42 Å². The minimum atomic E-state index is -2.96. The molecule has 0 heterocycles. The molecule has 1 aliphatic rings. The summed E-state index contributed by atoms with van der Waals surface area (Å²) in [5, 5.41) is 3.21. The van der Waals surface area contributed by atoms with Gasteiger partial charge in [0.15, 0.2) is 9.84 Å². The Bertz CT molecular complexity index is 310. The van der Waals surface area contributed by atoms with E-state index >= 15 is 0 Å². The molecular weight excluding hydrogens is 250 g/mol. The van der Waals surface area contributed by atoms with Crippen LogP contribution in [0.5, 0.6) is 0 Å². The first-order valence-corrected chi connectivity index (χ1v) is 8.78. The lowest BCUT2D eigenvalue weighted by atomic mass is 9.84. The van der Waals surface area contributed by atoms with Crippen LogP contribution in [0, 0.1) is 5.92 Å². The second-order valence-corrected chi connectivity index (χ2v) is 7.48. The lowest BCUT2D eigenvalue weighted by Gasteiger charge is -2.29. The van der Waals surface area contributed by atoms with Crippen molar-refractivity contribution >= 4 is 9.84 Å². The van der Waals surface area contributed by atoms with Crippen molar-refractivity contribution < 1.29 is 13.2 Å². The van der Waals surface area contributed by atoms with Crippen LogP contribution < -0.4 is 5.32 Å². The van der Waals surface area contributed by atoms with Crippen molar-refractivity contribution in [3.8, 4) is 0 Å². The third kappa shape index (κ3) is 5.67. The summed E-state index contributed by atoms with van der Waals surface area (Å²) in [6.45, 7) is 0.521. The van der Waals surface area contributed by atoms with Crippen molar-refractivity contribution in [3.05, 3.63) is 0 Å². The van der Waals surface area contributed by atoms with Gasteiger partial charge in [-0.3, -0.25) is 0 Å². The highest BCUT2D eigenvalue weighted by atomic mass is 32.2. The van der Waals surface area contributed by atoms with Crippen LogP contribution in [0.15, 0.2) is 0 Å². The first kappa shape index (κ1) is 15.9. The first-order chi connectivity index (χ1) is 8.59. The Kier molecular flexibility index (Phi) is 7.19. The number of nitrogens with one attached hydrogen (secondary N) is 1. The highest BCUT2D eigenvalue weighted by Gasteiger charge is 2.26. The van der Waals surface area contributed by atoms with Crippen molar-refractivity contribution in [2.75, 3.05) is 32.3 Å². The van der Waals surface area contributed by atoms with E-state index in [2.05, 4.69) is 5.32 Å². The molecule has 0 aromatic heterocycles. The molecule has 1 aliphatic carbocycles. The fourth-order valence-electron chi connectivity index (χ4n) is 2.77. The maximum atomic E-state index is 12.0. The summed E-state index contributed by atoms with van der Waals surface area (Å²) in [4.78, 5) is 0. The lowest BCUT2D eigenvalue weighted by Crippen LogP contribution is -2.41. The van der Waals surface area contributed by atoms with E-state index in [1.165, 1.54) is 32.1 Å². The molecular formula is C13H27NO3S. The Hall–Kier alpha value is -0.130. The van der Waals surface area contributed by atoms with Gasteiger partial charge in [0.25, 0.3) is 0 Å². The largest absolute Gasteiger partial charge is 0.385 e. The van der Waals surface area contributed by atoms with Gasteiger partial charge >= 0.3 is 0 Å². The zero-order chi connectivity index (χ0) is 13.4. The average Bonchev–Trinajstić information content (AvgIpc) is 2.37. The van der Waals surface area contributed by atoms with E-state index in [1.807, 2.05) is 7.05 Å². The zero-order valence-electron chi connectivity index (χ0n) is 11.7. The molecule has 1 saturated carbocycles. The molecule has 0 aromatic carbocycles. The summed E-state index contributed by atoms with van der Waals surface area (Å²) < 4.78 is 28.9. The molecule has 0 aliphatic heterocycles. The smallest absolute Gasteiger partial charge is 0.151 e. The Labute approximate surface area is 111 Å². The summed E-state index contributed by atoms with van der Waals surface area (Å²) in [5.41, 5.74) is 0. The van der Waals surface area contributed by atoms with Crippen molar-refractivity contribution in [1.29, 1.82) is 0 Å². The number of sulfone groups is 1. The normalized spacial score (nSPS) is 19.9. The van der Waals surface area contributed by atoms with Crippen LogP contribution in [0.25, 0.3) is 0 Å². The second kappa shape index (κ2) is 8.12. The summed E-state index contributed by atoms with van der Waals surface area (Å²) in [6, 6.07) is 0.123. The van der Waals surface area contributed by atoms with Crippen molar-refractivity contribution in [2.24, 2.45) is 5.92 Å². The summed E-state index contributed by atoms with van der Waals surface area (Å²) >= 11 is 0. The van der Waals surface area contributed by atoms with Crippen LogP contribution in [0.4, 0.5) is 0 Å². The second-order valence-electron chi connectivity index (χ2n) is 5.25. The van der Waals surface area contributed by atoms with Crippen LogP contribution in [-0.4, -0.2) is 46.7 Å². The molecule has 108 valence electrons. The number of methoxy groups -OCH3 is 1. The first-order valence-electron chi connectivity index (χ1n) is 6.95. The molecule has 5 heteroatoms. The summed E-state index contributed by atoms with van der Waals surface area (Å²) in [5.74, 6) is 1.05. The fourth-order valence-corrected chi connectivity index (χ4v) is 4.48. The van der Waals surface area contributed by atoms with E-state index in [0.29, 0.717) is 18.9 Å². The van der Waals surface area contributed by atoms with Crippen LogP contribution in [0.3, 0.4) is 0 Å². The van der Waals surface area contributed by atoms with E-state index in [9.17, 15) is 8.42 Å². The molecule has 1 rings (SSSR count). The van der Waals surface area contributed by atoms with Crippen LogP contribution in [0.1, 0.15) is 38.5 Å². The number of hydrogen-bond acceptors (Lipinski definition) is 4. The predicted octanol–water partition coefficient (Wildman–Crippen LogP) is 1.61. The van der Waals surface area contributed by atoms with Gasteiger partial charge in [0, 0.05) is 19.8 Å². The molecule has 0 amide bonds. The van der Waals surface area contributed by atoms with E-state index in [0.717, 1.165) is 0 Å². The standard InChI is InChI=1S/C13H27NO3S/c1-14-13(12-7-4-3-5-8-12)11-18(15,16)10-6-9-17-2/h12-14H,3-11H2,1-2H3. The van der Waals surface area contributed by atoms with Gasteiger partial charge in [-0.15, -0.1) is 0 Å². The Morgan fingerprint density at radius 1 is 1.28 bits per heavy atom. The molecule has 0 bridgehead atoms. The number of ether oxygens (including phenoxy) is 1. The minimum absolute atomic E-state index is 0.123. The molecule has 1 fully saturated rings. The quantitative estimate of drug-likeness (QED) is 0.685. The van der Waals surface area contributed by atoms with Crippen LogP contribution >= 0.6 is 0 Å². The molecule has 1 unspecified atom stereocenters. The molecule has 1 N–H and O–H groups in total. The van der Waals surface area contributed by atoms with Crippen molar-refractivity contribution in [3.63, 3.8) is 0 Å². The Morgan fingerprint density at radius 3 is 2.50 bits per heavy atom. The van der Waals surface area contributed by atoms with Crippen LogP contribution in [0.2, 0.25) is 0 Å². The highest BCUT2D eigenvalue weighted by Crippen LogP contribution is 2.27. The summed E-state index contributed by atoms with van der Waals surface area (Å²) in [6.07, 6.45) is 6.71. The van der Waals surface area contributed by atoms with E-state index in [4.69, 9.17) is 4.74 Å². The van der Waals surface area contributed by atoms with Crippen molar-refractivity contribution in [1.82, 2.24) is 5.32 Å². The van der Waals surface area contributed by atoms with Gasteiger partial charge in [0.05, 0.1) is 11.5 Å². The molecule has 18 heavy (non-hydrogen) atoms. The fraction of sp³-hybridized carbons (Fsp3) is 1.00. The zero-order valence-corrected chi connectivity index (χ0v) is 12.5. The molecule has 0 saturated heterocycles. The van der Waals surface area contributed by atoms with E-state index in [-0.39, 0.29) is 17.5 Å². The molecule has 4 nitrogen and oxygen atoms in total. The van der Waals surface area contributed by atoms with Crippen molar-refractivity contribution in [2.45, 2.75) is 44.6 Å². The number of rotatable bonds is 8. The SMILES string of the molecule is CNC(CS(=O)(=O)CCCOC)C1CCCCC1. The van der Waals surface area contributed by atoms with Gasteiger partial charge in [-0.2, -0.15) is 0 Å². The Morgan fingerprint density at radius 2 is 1.94 bits per heavy atom. The molecule has 0 spiro atoms. The molecule has 0 radical (unpaired) electrons. The number of hydrogen-bond donors (Lipinski definition) is 1. The summed E-state index contributed by atoms with van der Waals surface area (Å²) in [7, 11) is 0.524. The van der Waals surface area contributed by atoms with E-state index in [1.54, 1.807) is 7.11 Å².